The Bertz CT molecular complexity index is 1160. The van der Waals surface area contributed by atoms with Crippen LogP contribution in [0.2, 0.25) is 5.02 Å². The third-order valence-electron chi connectivity index (χ3n) is 5.87. The Balaban J connectivity index is 1.48. The molecule has 2 aromatic carbocycles. The fraction of sp³-hybridized carbons (Fsp3) is 0.308. The van der Waals surface area contributed by atoms with Gasteiger partial charge in [-0.3, -0.25) is 9.48 Å². The minimum atomic E-state index is -0.0359. The van der Waals surface area contributed by atoms with Gasteiger partial charge in [-0.15, -0.1) is 0 Å². The van der Waals surface area contributed by atoms with Crippen LogP contribution < -0.4 is 9.64 Å². The second kappa shape index (κ2) is 10.2. The van der Waals surface area contributed by atoms with Gasteiger partial charge in [0.1, 0.15) is 5.75 Å². The van der Waals surface area contributed by atoms with E-state index in [1.807, 2.05) is 67.1 Å². The Morgan fingerprint density at radius 3 is 2.52 bits per heavy atom. The molecule has 0 aliphatic carbocycles. The SMILES string of the molecule is COc1ccc(/C=C/C(=O)c2ccc(N3CCOCC3)cc2)cc1Cn1nc(C)c(Cl)c1C. The molecule has 0 N–H and O–H groups in total. The number of ketones is 1. The second-order valence-corrected chi connectivity index (χ2v) is 8.44. The minimum absolute atomic E-state index is 0.0359. The van der Waals surface area contributed by atoms with Crippen LogP contribution in [0.4, 0.5) is 5.69 Å². The van der Waals surface area contributed by atoms with E-state index in [0.29, 0.717) is 17.1 Å². The van der Waals surface area contributed by atoms with Crippen LogP contribution in [-0.4, -0.2) is 49.0 Å². The number of carbonyl (C=O) groups is 1. The van der Waals surface area contributed by atoms with Crippen LogP contribution in [0.5, 0.6) is 5.75 Å². The van der Waals surface area contributed by atoms with Crippen molar-refractivity contribution in [1.29, 1.82) is 0 Å². The molecule has 0 saturated carbocycles. The van der Waals surface area contributed by atoms with Gasteiger partial charge in [0.25, 0.3) is 0 Å². The lowest BCUT2D eigenvalue weighted by Crippen LogP contribution is -2.36. The maximum absolute atomic E-state index is 12.7. The highest BCUT2D eigenvalue weighted by molar-refractivity contribution is 6.31. The molecule has 7 heteroatoms. The summed E-state index contributed by atoms with van der Waals surface area (Å²) in [6, 6.07) is 13.6. The smallest absolute Gasteiger partial charge is 0.185 e. The first-order chi connectivity index (χ1) is 16.0. The fourth-order valence-electron chi connectivity index (χ4n) is 3.94. The van der Waals surface area contributed by atoms with Crippen molar-refractivity contribution in [2.24, 2.45) is 0 Å². The molecule has 1 fully saturated rings. The number of anilines is 1. The van der Waals surface area contributed by atoms with Crippen molar-refractivity contribution in [3.8, 4) is 5.75 Å². The lowest BCUT2D eigenvalue weighted by Gasteiger charge is -2.28. The van der Waals surface area contributed by atoms with E-state index in [2.05, 4.69) is 10.00 Å². The van der Waals surface area contributed by atoms with Crippen LogP contribution in [0, 0.1) is 13.8 Å². The van der Waals surface area contributed by atoms with Crippen molar-refractivity contribution in [2.45, 2.75) is 20.4 Å². The van der Waals surface area contributed by atoms with Crippen LogP contribution in [-0.2, 0) is 11.3 Å². The molecule has 0 spiro atoms. The van der Waals surface area contributed by atoms with Crippen molar-refractivity contribution in [3.63, 3.8) is 0 Å². The molecule has 172 valence electrons. The first-order valence-electron chi connectivity index (χ1n) is 11.0. The summed E-state index contributed by atoms with van der Waals surface area (Å²) in [5, 5.41) is 5.19. The van der Waals surface area contributed by atoms with E-state index in [1.54, 1.807) is 13.2 Å². The Hall–Kier alpha value is -3.09. The first kappa shape index (κ1) is 23.1. The molecule has 1 aromatic heterocycles. The number of hydrogen-bond acceptors (Lipinski definition) is 5. The van der Waals surface area contributed by atoms with Gasteiger partial charge in [-0.25, -0.2) is 0 Å². The molecule has 1 aliphatic heterocycles. The van der Waals surface area contributed by atoms with Gasteiger partial charge < -0.3 is 14.4 Å². The summed E-state index contributed by atoms with van der Waals surface area (Å²) < 4.78 is 12.8. The summed E-state index contributed by atoms with van der Waals surface area (Å²) in [5.41, 5.74) is 5.36. The molecule has 0 unspecified atom stereocenters. The molecule has 1 saturated heterocycles. The summed E-state index contributed by atoms with van der Waals surface area (Å²) >= 11 is 6.29. The summed E-state index contributed by atoms with van der Waals surface area (Å²) in [4.78, 5) is 15.0. The molecular weight excluding hydrogens is 438 g/mol. The zero-order valence-electron chi connectivity index (χ0n) is 19.2. The summed E-state index contributed by atoms with van der Waals surface area (Å²) in [7, 11) is 1.65. The zero-order chi connectivity index (χ0) is 23.4. The number of carbonyl (C=O) groups excluding carboxylic acids is 1. The van der Waals surface area contributed by atoms with Gasteiger partial charge in [-0.05, 0) is 61.9 Å². The molecule has 1 aliphatic rings. The van der Waals surface area contributed by atoms with Gasteiger partial charge >= 0.3 is 0 Å². The molecule has 4 rings (SSSR count). The standard InChI is InChI=1S/C26H28ClN3O3/c1-18-26(27)19(2)30(28-18)17-22-16-20(5-11-25(22)32-3)4-10-24(31)21-6-8-23(9-7-21)29-12-14-33-15-13-29/h4-11,16H,12-15,17H2,1-3H3/b10-4+. The van der Waals surface area contributed by atoms with Gasteiger partial charge in [-0.1, -0.05) is 23.7 Å². The molecule has 6 nitrogen and oxygen atoms in total. The van der Waals surface area contributed by atoms with Crippen LogP contribution in [0.15, 0.2) is 48.5 Å². The first-order valence-corrected chi connectivity index (χ1v) is 11.4. The number of morpholine rings is 1. The van der Waals surface area contributed by atoms with Gasteiger partial charge in [0.05, 0.1) is 43.3 Å². The quantitative estimate of drug-likeness (QED) is 0.365. The number of ether oxygens (including phenoxy) is 2. The molecule has 0 atom stereocenters. The third-order valence-corrected chi connectivity index (χ3v) is 6.42. The Kier molecular flexibility index (Phi) is 7.16. The monoisotopic (exact) mass is 465 g/mol. The molecule has 33 heavy (non-hydrogen) atoms. The van der Waals surface area contributed by atoms with Crippen molar-refractivity contribution in [1.82, 2.24) is 9.78 Å². The molecule has 3 aromatic rings. The van der Waals surface area contributed by atoms with Gasteiger partial charge in [0, 0.05) is 29.9 Å². The van der Waals surface area contributed by atoms with E-state index < -0.39 is 0 Å². The van der Waals surface area contributed by atoms with Crippen LogP contribution in [0.3, 0.4) is 0 Å². The summed E-state index contributed by atoms with van der Waals surface area (Å²) in [6.45, 7) is 7.58. The Morgan fingerprint density at radius 1 is 1.15 bits per heavy atom. The summed E-state index contributed by atoms with van der Waals surface area (Å²) in [5.74, 6) is 0.729. The predicted molar refractivity (Wildman–Crippen MR) is 132 cm³/mol. The zero-order valence-corrected chi connectivity index (χ0v) is 19.9. The number of allylic oxidation sites excluding steroid dienone is 1. The number of aromatic nitrogens is 2. The average molecular weight is 466 g/mol. The average Bonchev–Trinajstić information content (AvgIpc) is 3.09. The lowest BCUT2D eigenvalue weighted by molar-refractivity contribution is 0.104. The van der Waals surface area contributed by atoms with Crippen LogP contribution in [0.25, 0.3) is 6.08 Å². The number of aryl methyl sites for hydroxylation is 1. The van der Waals surface area contributed by atoms with Crippen molar-refractivity contribution in [3.05, 3.63) is 81.6 Å². The highest BCUT2D eigenvalue weighted by atomic mass is 35.5. The lowest BCUT2D eigenvalue weighted by atomic mass is 10.1. The topological polar surface area (TPSA) is 56.6 Å². The molecule has 0 radical (unpaired) electrons. The number of halogens is 1. The maximum atomic E-state index is 12.7. The fourth-order valence-corrected chi connectivity index (χ4v) is 4.08. The maximum Gasteiger partial charge on any atom is 0.185 e. The predicted octanol–water partition coefficient (Wildman–Crippen LogP) is 4.94. The minimum Gasteiger partial charge on any atom is -0.496 e. The van der Waals surface area contributed by atoms with E-state index in [9.17, 15) is 4.79 Å². The second-order valence-electron chi connectivity index (χ2n) is 8.06. The number of methoxy groups -OCH3 is 1. The van der Waals surface area contributed by atoms with Crippen LogP contribution >= 0.6 is 11.6 Å². The number of rotatable bonds is 7. The highest BCUT2D eigenvalue weighted by Crippen LogP contribution is 2.25. The third kappa shape index (κ3) is 5.29. The normalized spacial score (nSPS) is 14.1. The molecule has 0 bridgehead atoms. The van der Waals surface area contributed by atoms with E-state index in [-0.39, 0.29) is 5.78 Å². The Labute approximate surface area is 199 Å². The van der Waals surface area contributed by atoms with E-state index in [0.717, 1.165) is 60.3 Å². The summed E-state index contributed by atoms with van der Waals surface area (Å²) in [6.07, 6.45) is 3.44. The van der Waals surface area contributed by atoms with Crippen LogP contribution in [0.1, 0.15) is 32.9 Å². The Morgan fingerprint density at radius 2 is 1.88 bits per heavy atom. The van der Waals surface area contributed by atoms with Gasteiger partial charge in [0.15, 0.2) is 5.78 Å². The largest absolute Gasteiger partial charge is 0.496 e. The number of hydrogen-bond donors (Lipinski definition) is 0. The van der Waals surface area contributed by atoms with Crippen molar-refractivity contribution >= 4 is 29.1 Å². The molecule has 0 amide bonds. The van der Waals surface area contributed by atoms with E-state index in [1.165, 1.54) is 0 Å². The highest BCUT2D eigenvalue weighted by Gasteiger charge is 2.13. The molecular formula is C26H28ClN3O3. The molecule has 2 heterocycles. The van der Waals surface area contributed by atoms with Gasteiger partial charge in [-0.2, -0.15) is 5.10 Å². The number of nitrogens with zero attached hydrogens (tertiary/aromatic N) is 3. The van der Waals surface area contributed by atoms with Gasteiger partial charge in [0.2, 0.25) is 0 Å². The van der Waals surface area contributed by atoms with E-state index in [4.69, 9.17) is 21.1 Å². The number of benzene rings is 2. The van der Waals surface area contributed by atoms with E-state index >= 15 is 0 Å². The van der Waals surface area contributed by atoms with Crippen molar-refractivity contribution in [2.75, 3.05) is 38.3 Å². The van der Waals surface area contributed by atoms with Crippen molar-refractivity contribution < 1.29 is 14.3 Å².